The van der Waals surface area contributed by atoms with E-state index in [1.807, 2.05) is 66.7 Å². The third-order valence-corrected chi connectivity index (χ3v) is 6.70. The highest BCUT2D eigenvalue weighted by Crippen LogP contribution is 2.47. The molecule has 1 unspecified atom stereocenters. The predicted octanol–water partition coefficient (Wildman–Crippen LogP) is 8.72. The molecule has 4 heteroatoms. The van der Waals surface area contributed by atoms with Crippen LogP contribution in [-0.4, -0.2) is 0 Å². The third kappa shape index (κ3) is 4.20. The fourth-order valence-electron chi connectivity index (χ4n) is 4.54. The monoisotopic (exact) mass is 484 g/mol. The van der Waals surface area contributed by atoms with Crippen LogP contribution in [0.5, 0.6) is 5.75 Å². The van der Waals surface area contributed by atoms with Crippen LogP contribution in [0.1, 0.15) is 17.4 Å². The first kappa shape index (κ1) is 22.0. The second-order valence-electron chi connectivity index (χ2n) is 8.72. The van der Waals surface area contributed by atoms with Gasteiger partial charge in [0, 0.05) is 16.1 Å². The van der Waals surface area contributed by atoms with Gasteiger partial charge in [0.1, 0.15) is 5.75 Å². The molecule has 0 bridgehead atoms. The number of rotatable bonds is 4. The molecule has 5 aromatic rings. The molecule has 1 heterocycles. The molecule has 0 spiro atoms. The summed E-state index contributed by atoms with van der Waals surface area (Å²) in [6.07, 6.45) is -0.284. The van der Waals surface area contributed by atoms with E-state index in [0.29, 0.717) is 10.6 Å². The van der Waals surface area contributed by atoms with E-state index in [2.05, 4.69) is 59.9 Å². The maximum absolute atomic E-state index is 9.05. The molecule has 0 fully saturated rings. The summed E-state index contributed by atoms with van der Waals surface area (Å²) in [5.74, 6) is 0.822. The van der Waals surface area contributed by atoms with Crippen LogP contribution in [0.3, 0.4) is 0 Å². The number of fused-ring (bicyclic) bond motifs is 1. The average molecular weight is 485 g/mol. The topological polar surface area (TPSA) is 45.0 Å². The van der Waals surface area contributed by atoms with Crippen LogP contribution >= 0.6 is 11.6 Å². The third-order valence-electron chi connectivity index (χ3n) is 6.45. The summed E-state index contributed by atoms with van der Waals surface area (Å²) in [6.45, 7) is 0. The fourth-order valence-corrected chi connectivity index (χ4v) is 4.66. The predicted molar refractivity (Wildman–Crippen MR) is 146 cm³/mol. The molecule has 3 nitrogen and oxygen atoms in total. The number of benzene rings is 5. The molecule has 36 heavy (non-hydrogen) atoms. The Morgan fingerprint density at radius 1 is 0.667 bits per heavy atom. The zero-order chi connectivity index (χ0) is 24.5. The van der Waals surface area contributed by atoms with Gasteiger partial charge in [-0.15, -0.1) is 0 Å². The number of ether oxygens (including phenoxy) is 1. The van der Waals surface area contributed by atoms with Gasteiger partial charge >= 0.3 is 0 Å². The van der Waals surface area contributed by atoms with Gasteiger partial charge in [-0.2, -0.15) is 5.26 Å². The quantitative estimate of drug-likeness (QED) is 0.277. The van der Waals surface area contributed by atoms with Crippen LogP contribution < -0.4 is 10.1 Å². The van der Waals surface area contributed by atoms with Crippen molar-refractivity contribution >= 4 is 17.3 Å². The van der Waals surface area contributed by atoms with Crippen molar-refractivity contribution in [3.63, 3.8) is 0 Å². The van der Waals surface area contributed by atoms with E-state index in [-0.39, 0.29) is 6.23 Å². The lowest BCUT2D eigenvalue weighted by Gasteiger charge is -2.12. The smallest absolute Gasteiger partial charge is 0.196 e. The summed E-state index contributed by atoms with van der Waals surface area (Å²) in [7, 11) is 0. The molecule has 1 aliphatic heterocycles. The van der Waals surface area contributed by atoms with Crippen LogP contribution in [0.15, 0.2) is 115 Å². The molecule has 1 atom stereocenters. The lowest BCUT2D eigenvalue weighted by Crippen LogP contribution is -2.09. The van der Waals surface area contributed by atoms with Crippen molar-refractivity contribution in [3.05, 3.63) is 131 Å². The van der Waals surface area contributed by atoms with Crippen LogP contribution in [-0.2, 0) is 0 Å². The number of halogens is 1. The lowest BCUT2D eigenvalue weighted by atomic mass is 9.95. The number of anilines is 1. The summed E-state index contributed by atoms with van der Waals surface area (Å²) in [5, 5.41) is 13.3. The normalized spacial score (nSPS) is 13.8. The Morgan fingerprint density at radius 3 is 1.92 bits per heavy atom. The summed E-state index contributed by atoms with van der Waals surface area (Å²) >= 11 is 6.09. The Labute approximate surface area is 215 Å². The molecular weight excluding hydrogens is 464 g/mol. The molecule has 1 N–H and O–H groups in total. The van der Waals surface area contributed by atoms with Gasteiger partial charge in [0.2, 0.25) is 0 Å². The Hall–Kier alpha value is -4.52. The van der Waals surface area contributed by atoms with Gasteiger partial charge in [0.05, 0.1) is 17.3 Å². The number of hydrogen-bond acceptors (Lipinski definition) is 3. The Balaban J connectivity index is 1.38. The van der Waals surface area contributed by atoms with E-state index in [1.54, 1.807) is 0 Å². The average Bonchev–Trinajstić information content (AvgIpc) is 3.38. The van der Waals surface area contributed by atoms with E-state index < -0.39 is 0 Å². The van der Waals surface area contributed by atoms with Crippen molar-refractivity contribution in [2.75, 3.05) is 5.32 Å². The Morgan fingerprint density at radius 2 is 1.28 bits per heavy atom. The number of nitriles is 1. The SMILES string of the molecule is N#Cc1ccc(-c2ccc(-c3cc4c(c(-c5ccccc5)c3)NC(c3ccc(Cl)cc3)O4)cc2)cc1. The minimum absolute atomic E-state index is 0.284. The zero-order valence-corrected chi connectivity index (χ0v) is 20.0. The van der Waals surface area contributed by atoms with Crippen LogP contribution in [0.25, 0.3) is 33.4 Å². The van der Waals surface area contributed by atoms with Gasteiger partial charge in [-0.05, 0) is 64.2 Å². The van der Waals surface area contributed by atoms with E-state index >= 15 is 0 Å². The molecule has 0 radical (unpaired) electrons. The lowest BCUT2D eigenvalue weighted by molar-refractivity contribution is 0.260. The van der Waals surface area contributed by atoms with Crippen molar-refractivity contribution in [3.8, 4) is 45.2 Å². The van der Waals surface area contributed by atoms with Crippen molar-refractivity contribution < 1.29 is 4.74 Å². The number of hydrogen-bond donors (Lipinski definition) is 1. The molecule has 0 saturated carbocycles. The molecule has 0 aliphatic carbocycles. The van der Waals surface area contributed by atoms with Gasteiger partial charge in [-0.1, -0.05) is 90.5 Å². The molecule has 0 saturated heterocycles. The summed E-state index contributed by atoms with van der Waals surface area (Å²) < 4.78 is 6.39. The van der Waals surface area contributed by atoms with Crippen LogP contribution in [0.2, 0.25) is 5.02 Å². The molecule has 172 valence electrons. The van der Waals surface area contributed by atoms with E-state index in [1.165, 1.54) is 0 Å². The van der Waals surface area contributed by atoms with E-state index in [0.717, 1.165) is 50.4 Å². The molecular formula is C32H21ClN2O. The maximum atomic E-state index is 9.05. The fraction of sp³-hybridized carbons (Fsp3) is 0.0312. The van der Waals surface area contributed by atoms with Crippen molar-refractivity contribution in [2.45, 2.75) is 6.23 Å². The first-order valence-corrected chi connectivity index (χ1v) is 12.1. The minimum Gasteiger partial charge on any atom is -0.464 e. The Kier molecular flexibility index (Phi) is 5.65. The number of nitrogens with one attached hydrogen (secondary N) is 1. The van der Waals surface area contributed by atoms with Gasteiger partial charge in [-0.25, -0.2) is 0 Å². The standard InChI is InChI=1S/C32H21ClN2O/c33-28-16-14-26(15-17-28)32-35-31-29(25-4-2-1-3-5-25)18-27(19-30(31)36-32)24-12-10-23(11-13-24)22-8-6-21(20-34)7-9-22/h1-19,32,35H. The molecule has 5 aromatic carbocycles. The Bertz CT molecular complexity index is 1570. The van der Waals surface area contributed by atoms with Crippen LogP contribution in [0.4, 0.5) is 5.69 Å². The van der Waals surface area contributed by atoms with Crippen LogP contribution in [0, 0.1) is 11.3 Å². The second-order valence-corrected chi connectivity index (χ2v) is 9.16. The first-order chi connectivity index (χ1) is 17.7. The van der Waals surface area contributed by atoms with Crippen molar-refractivity contribution in [1.29, 1.82) is 5.26 Å². The summed E-state index contributed by atoms with van der Waals surface area (Å²) in [5.41, 5.74) is 9.25. The molecule has 0 amide bonds. The van der Waals surface area contributed by atoms with Gasteiger partial charge < -0.3 is 10.1 Å². The van der Waals surface area contributed by atoms with Crippen molar-refractivity contribution in [1.82, 2.24) is 0 Å². The molecule has 6 rings (SSSR count). The molecule has 0 aromatic heterocycles. The van der Waals surface area contributed by atoms with Gasteiger partial charge in [0.25, 0.3) is 0 Å². The van der Waals surface area contributed by atoms with E-state index in [9.17, 15) is 0 Å². The summed E-state index contributed by atoms with van der Waals surface area (Å²) in [4.78, 5) is 0. The summed E-state index contributed by atoms with van der Waals surface area (Å²) in [6, 6.07) is 40.7. The minimum atomic E-state index is -0.284. The maximum Gasteiger partial charge on any atom is 0.196 e. The second kappa shape index (κ2) is 9.26. The molecule has 1 aliphatic rings. The van der Waals surface area contributed by atoms with Gasteiger partial charge in [-0.3, -0.25) is 0 Å². The zero-order valence-electron chi connectivity index (χ0n) is 19.3. The highest BCUT2D eigenvalue weighted by atomic mass is 35.5. The van der Waals surface area contributed by atoms with E-state index in [4.69, 9.17) is 21.6 Å². The number of nitrogens with zero attached hydrogens (tertiary/aromatic N) is 1. The van der Waals surface area contributed by atoms with Gasteiger partial charge in [0.15, 0.2) is 6.23 Å². The first-order valence-electron chi connectivity index (χ1n) is 11.7. The largest absolute Gasteiger partial charge is 0.464 e. The van der Waals surface area contributed by atoms with Crippen molar-refractivity contribution in [2.24, 2.45) is 0 Å². The highest BCUT2D eigenvalue weighted by Gasteiger charge is 2.27. The highest BCUT2D eigenvalue weighted by molar-refractivity contribution is 6.30.